The van der Waals surface area contributed by atoms with Crippen LogP contribution in [0.25, 0.3) is 0 Å². The van der Waals surface area contributed by atoms with Crippen LogP contribution in [0.4, 0.5) is 4.79 Å². The van der Waals surface area contributed by atoms with E-state index in [1.807, 2.05) is 44.2 Å². The maximum absolute atomic E-state index is 12.0. The zero-order valence-electron chi connectivity index (χ0n) is 14.5. The van der Waals surface area contributed by atoms with Crippen molar-refractivity contribution in [3.8, 4) is 0 Å². The standard InChI is InChI=1S/C17H23BrN2O5/c1-12(2)20(15(21)9-18)10-14(16(22)24-3)19-17(23)25-11-13-7-5-4-6-8-13/h4-8,12,14H,9-11H2,1-3H3,(H,19,23). The number of benzene rings is 1. The number of esters is 1. The van der Waals surface area contributed by atoms with Gasteiger partial charge < -0.3 is 19.7 Å². The molecule has 1 atom stereocenters. The van der Waals surface area contributed by atoms with Crippen LogP contribution in [-0.2, 0) is 25.7 Å². The third-order valence-corrected chi connectivity index (χ3v) is 3.91. The SMILES string of the molecule is COC(=O)C(CN(C(=O)CBr)C(C)C)NC(=O)OCc1ccccc1. The molecule has 0 fully saturated rings. The highest BCUT2D eigenvalue weighted by molar-refractivity contribution is 9.09. The third kappa shape index (κ3) is 7.13. The Hall–Kier alpha value is -2.09. The summed E-state index contributed by atoms with van der Waals surface area (Å²) in [6.45, 7) is 3.72. The molecule has 0 bridgehead atoms. The number of hydrogen-bond acceptors (Lipinski definition) is 5. The van der Waals surface area contributed by atoms with E-state index in [1.165, 1.54) is 12.0 Å². The smallest absolute Gasteiger partial charge is 0.408 e. The summed E-state index contributed by atoms with van der Waals surface area (Å²) in [7, 11) is 1.22. The van der Waals surface area contributed by atoms with Crippen molar-refractivity contribution in [3.63, 3.8) is 0 Å². The van der Waals surface area contributed by atoms with Gasteiger partial charge in [-0.3, -0.25) is 4.79 Å². The van der Waals surface area contributed by atoms with Crippen LogP contribution in [0.2, 0.25) is 0 Å². The van der Waals surface area contributed by atoms with Gasteiger partial charge in [-0.25, -0.2) is 9.59 Å². The molecule has 1 unspecified atom stereocenters. The van der Waals surface area contributed by atoms with E-state index in [0.717, 1.165) is 5.56 Å². The number of ether oxygens (including phenoxy) is 2. The fourth-order valence-electron chi connectivity index (χ4n) is 2.10. The fraction of sp³-hybridized carbons (Fsp3) is 0.471. The molecule has 7 nitrogen and oxygen atoms in total. The van der Waals surface area contributed by atoms with Crippen molar-refractivity contribution in [3.05, 3.63) is 35.9 Å². The van der Waals surface area contributed by atoms with Crippen molar-refractivity contribution in [1.29, 1.82) is 0 Å². The predicted octanol–water partition coefficient (Wildman–Crippen LogP) is 2.09. The van der Waals surface area contributed by atoms with Gasteiger partial charge in [0.05, 0.1) is 19.0 Å². The Labute approximate surface area is 155 Å². The van der Waals surface area contributed by atoms with Gasteiger partial charge in [-0.2, -0.15) is 0 Å². The maximum Gasteiger partial charge on any atom is 0.408 e. The largest absolute Gasteiger partial charge is 0.467 e. The van der Waals surface area contributed by atoms with E-state index in [2.05, 4.69) is 21.2 Å². The summed E-state index contributed by atoms with van der Waals surface area (Å²) < 4.78 is 9.82. The van der Waals surface area contributed by atoms with Gasteiger partial charge in [0.2, 0.25) is 5.91 Å². The number of alkyl carbamates (subject to hydrolysis) is 1. The number of carbonyl (C=O) groups is 3. The molecule has 0 spiro atoms. The topological polar surface area (TPSA) is 84.9 Å². The number of alkyl halides is 1. The Morgan fingerprint density at radius 3 is 2.36 bits per heavy atom. The van der Waals surface area contributed by atoms with Gasteiger partial charge in [-0.15, -0.1) is 0 Å². The van der Waals surface area contributed by atoms with E-state index in [4.69, 9.17) is 9.47 Å². The number of halogens is 1. The molecule has 2 amide bonds. The predicted molar refractivity (Wildman–Crippen MR) is 96.2 cm³/mol. The maximum atomic E-state index is 12.0. The first-order valence-electron chi connectivity index (χ1n) is 7.79. The summed E-state index contributed by atoms with van der Waals surface area (Å²) in [6, 6.07) is 8.01. The summed E-state index contributed by atoms with van der Waals surface area (Å²) in [5, 5.41) is 2.58. The molecule has 1 N–H and O–H groups in total. The lowest BCUT2D eigenvalue weighted by molar-refractivity contribution is -0.144. The minimum Gasteiger partial charge on any atom is -0.467 e. The van der Waals surface area contributed by atoms with E-state index in [1.54, 1.807) is 0 Å². The van der Waals surface area contributed by atoms with Gasteiger partial charge in [0.25, 0.3) is 0 Å². The van der Waals surface area contributed by atoms with Crippen LogP contribution in [-0.4, -0.2) is 53.9 Å². The molecule has 0 aliphatic carbocycles. The fourth-order valence-corrected chi connectivity index (χ4v) is 2.42. The molecule has 0 aliphatic heterocycles. The van der Waals surface area contributed by atoms with Crippen molar-refractivity contribution in [2.75, 3.05) is 19.0 Å². The first-order valence-corrected chi connectivity index (χ1v) is 8.91. The van der Waals surface area contributed by atoms with Crippen molar-refractivity contribution < 1.29 is 23.9 Å². The molecule has 0 aromatic heterocycles. The lowest BCUT2D eigenvalue weighted by atomic mass is 10.2. The van der Waals surface area contributed by atoms with Crippen molar-refractivity contribution in [2.24, 2.45) is 0 Å². The number of amides is 2. The van der Waals surface area contributed by atoms with Crippen molar-refractivity contribution in [1.82, 2.24) is 10.2 Å². The van der Waals surface area contributed by atoms with Crippen molar-refractivity contribution in [2.45, 2.75) is 32.5 Å². The Bertz CT molecular complexity index is 580. The lowest BCUT2D eigenvalue weighted by Gasteiger charge is -2.29. The van der Waals surface area contributed by atoms with E-state index in [-0.39, 0.29) is 30.4 Å². The summed E-state index contributed by atoms with van der Waals surface area (Å²) in [4.78, 5) is 37.4. The van der Waals surface area contributed by atoms with Gasteiger partial charge in [-0.1, -0.05) is 46.3 Å². The van der Waals surface area contributed by atoms with Gasteiger partial charge in [0, 0.05) is 6.04 Å². The summed E-state index contributed by atoms with van der Waals surface area (Å²) >= 11 is 3.11. The van der Waals surface area contributed by atoms with Crippen LogP contribution < -0.4 is 5.32 Å². The molecular weight excluding hydrogens is 392 g/mol. The molecule has 1 aromatic rings. The molecule has 8 heteroatoms. The highest BCUT2D eigenvalue weighted by Gasteiger charge is 2.28. The summed E-state index contributed by atoms with van der Waals surface area (Å²) in [5.41, 5.74) is 0.825. The normalized spacial score (nSPS) is 11.6. The van der Waals surface area contributed by atoms with Crippen LogP contribution >= 0.6 is 15.9 Å². The molecule has 1 rings (SSSR count). The molecule has 0 saturated heterocycles. The van der Waals surface area contributed by atoms with E-state index >= 15 is 0 Å². The number of nitrogens with one attached hydrogen (secondary N) is 1. The number of nitrogens with zero attached hydrogens (tertiary/aromatic N) is 1. The number of methoxy groups -OCH3 is 1. The molecule has 0 radical (unpaired) electrons. The van der Waals surface area contributed by atoms with Crippen molar-refractivity contribution >= 4 is 33.9 Å². The average molecular weight is 415 g/mol. The van der Waals surface area contributed by atoms with Crippen LogP contribution in [0.5, 0.6) is 0 Å². The molecule has 0 heterocycles. The quantitative estimate of drug-likeness (QED) is 0.519. The summed E-state index contributed by atoms with van der Waals surface area (Å²) in [6.07, 6.45) is -0.755. The minimum absolute atomic E-state index is 0.00475. The summed E-state index contributed by atoms with van der Waals surface area (Å²) in [5.74, 6) is -0.840. The number of rotatable bonds is 8. The number of carbonyl (C=O) groups excluding carboxylic acids is 3. The third-order valence-electron chi connectivity index (χ3n) is 3.43. The zero-order valence-corrected chi connectivity index (χ0v) is 16.1. The van der Waals surface area contributed by atoms with Crippen LogP contribution in [0.15, 0.2) is 30.3 Å². The Balaban J connectivity index is 2.69. The van der Waals surface area contributed by atoms with Gasteiger partial charge in [0.15, 0.2) is 0 Å². The molecule has 0 aliphatic rings. The Morgan fingerprint density at radius 1 is 1.20 bits per heavy atom. The average Bonchev–Trinajstić information content (AvgIpc) is 2.62. The molecule has 25 heavy (non-hydrogen) atoms. The van der Waals surface area contributed by atoms with Crippen LogP contribution in [0.3, 0.4) is 0 Å². The Kier molecular flexibility index (Phi) is 8.98. The molecule has 138 valence electrons. The second-order valence-electron chi connectivity index (χ2n) is 5.56. The number of hydrogen-bond donors (Lipinski definition) is 1. The lowest BCUT2D eigenvalue weighted by Crippen LogP contribution is -2.52. The van der Waals surface area contributed by atoms with E-state index in [0.29, 0.717) is 0 Å². The molecule has 0 saturated carbocycles. The first kappa shape index (κ1) is 21.0. The second kappa shape index (κ2) is 10.7. The Morgan fingerprint density at radius 2 is 1.84 bits per heavy atom. The van der Waals surface area contributed by atoms with E-state index < -0.39 is 18.1 Å². The van der Waals surface area contributed by atoms with Gasteiger partial charge in [0.1, 0.15) is 12.6 Å². The molecular formula is C17H23BrN2O5. The highest BCUT2D eigenvalue weighted by atomic mass is 79.9. The second-order valence-corrected chi connectivity index (χ2v) is 6.12. The first-order chi connectivity index (χ1) is 11.9. The molecule has 1 aromatic carbocycles. The highest BCUT2D eigenvalue weighted by Crippen LogP contribution is 2.06. The monoisotopic (exact) mass is 414 g/mol. The zero-order chi connectivity index (χ0) is 18.8. The van der Waals surface area contributed by atoms with Gasteiger partial charge >= 0.3 is 12.1 Å². The van der Waals surface area contributed by atoms with E-state index in [9.17, 15) is 14.4 Å². The minimum atomic E-state index is -1.02. The van der Waals surface area contributed by atoms with Crippen LogP contribution in [0.1, 0.15) is 19.4 Å². The van der Waals surface area contributed by atoms with Crippen LogP contribution in [0, 0.1) is 0 Å². The van der Waals surface area contributed by atoms with Gasteiger partial charge in [-0.05, 0) is 19.4 Å².